The number of thiocarbonyl (C=S) groups is 1. The molecule has 3 rings (SSSR count). The van der Waals surface area contributed by atoms with E-state index < -0.39 is 0 Å². The average Bonchev–Trinajstić information content (AvgIpc) is 2.84. The topological polar surface area (TPSA) is 0 Å². The fourth-order valence-electron chi connectivity index (χ4n) is 3.21. The molecule has 0 amide bonds. The van der Waals surface area contributed by atoms with Crippen LogP contribution >= 0.6 is 24.0 Å². The molecule has 0 aliphatic rings. The Hall–Kier alpha value is -2.16. The lowest BCUT2D eigenvalue weighted by Gasteiger charge is -2.18. The van der Waals surface area contributed by atoms with Crippen LogP contribution in [0.1, 0.15) is 70.6 Å². The van der Waals surface area contributed by atoms with Gasteiger partial charge in [-0.1, -0.05) is 137 Å². The van der Waals surface area contributed by atoms with Gasteiger partial charge >= 0.3 is 0 Å². The lowest BCUT2D eigenvalue weighted by molar-refractivity contribution is 0.943. The average molecular weight is 477 g/mol. The van der Waals surface area contributed by atoms with Crippen LogP contribution in [-0.4, -0.2) is 10.6 Å². The Labute approximate surface area is 212 Å². The molecule has 0 aromatic heterocycles. The minimum absolute atomic E-state index is 0.430. The summed E-state index contributed by atoms with van der Waals surface area (Å²) in [5, 5.41) is 0. The van der Waals surface area contributed by atoms with E-state index in [9.17, 15) is 0 Å². The third kappa shape index (κ3) is 11.5. The zero-order valence-corrected chi connectivity index (χ0v) is 22.8. The molecule has 0 aliphatic carbocycles. The molecule has 0 spiro atoms. The van der Waals surface area contributed by atoms with E-state index in [1.54, 1.807) is 0 Å². The van der Waals surface area contributed by atoms with Gasteiger partial charge in [-0.3, -0.25) is 0 Å². The fraction of sp³-hybridized carbons (Fsp3) is 0.323. The summed E-state index contributed by atoms with van der Waals surface area (Å²) >= 11 is 7.21. The van der Waals surface area contributed by atoms with Gasteiger partial charge in [-0.05, 0) is 53.2 Å². The van der Waals surface area contributed by atoms with Crippen LogP contribution in [0.5, 0.6) is 0 Å². The third-order valence-electron chi connectivity index (χ3n) is 4.98. The lowest BCUT2D eigenvalue weighted by atomic mass is 9.97. The molecular weight excluding hydrogens is 436 g/mol. The highest BCUT2D eigenvalue weighted by Gasteiger charge is 2.14. The number of rotatable bonds is 7. The summed E-state index contributed by atoms with van der Waals surface area (Å²) in [7, 11) is 0. The minimum atomic E-state index is 0.430. The maximum absolute atomic E-state index is 5.31. The van der Waals surface area contributed by atoms with Crippen LogP contribution < -0.4 is 0 Å². The molecule has 0 heterocycles. The van der Waals surface area contributed by atoms with E-state index in [1.165, 1.54) is 33.6 Å². The Balaban J connectivity index is 0.000000302. The van der Waals surface area contributed by atoms with Crippen LogP contribution in [0.4, 0.5) is 0 Å². The number of thioether (sulfide) groups is 1. The highest BCUT2D eigenvalue weighted by molar-refractivity contribution is 8.03. The first-order chi connectivity index (χ1) is 15.9. The molecule has 0 aliphatic heterocycles. The van der Waals surface area contributed by atoms with Crippen molar-refractivity contribution in [2.45, 2.75) is 60.3 Å². The van der Waals surface area contributed by atoms with Crippen LogP contribution in [0.2, 0.25) is 0 Å². The summed E-state index contributed by atoms with van der Waals surface area (Å²) in [6, 6.07) is 31.7. The summed E-state index contributed by atoms with van der Waals surface area (Å²) in [4.78, 5) is 2.41. The highest BCUT2D eigenvalue weighted by atomic mass is 32.2. The molecule has 1 unspecified atom stereocenters. The summed E-state index contributed by atoms with van der Waals surface area (Å²) in [5.41, 5.74) is 5.37. The van der Waals surface area contributed by atoms with Gasteiger partial charge in [0.1, 0.15) is 0 Å². The Morgan fingerprint density at radius 1 is 0.727 bits per heavy atom. The standard InChI is InChI=1S/C15H20S2.C13H12.C3H8/c1-5-17-15(11(2)13(4)16)12(3)14-9-7-6-8-10-14;1-3-7-12(8-4-1)11-13-9-5-2-6-10-13;1-3-2/h6-10,12H,5H2,1-4H3;1-10H,11H2;3H2,1-2H3/b15-11-;;. The highest BCUT2D eigenvalue weighted by Crippen LogP contribution is 2.35. The smallest absolute Gasteiger partial charge is 0.0158 e. The van der Waals surface area contributed by atoms with E-state index in [-0.39, 0.29) is 0 Å². The van der Waals surface area contributed by atoms with Crippen LogP contribution in [0.25, 0.3) is 0 Å². The molecular formula is C31H40S2. The van der Waals surface area contributed by atoms with Crippen molar-refractivity contribution in [3.63, 3.8) is 0 Å². The van der Waals surface area contributed by atoms with Gasteiger partial charge in [0.25, 0.3) is 0 Å². The largest absolute Gasteiger partial charge is 0.130 e. The van der Waals surface area contributed by atoms with Crippen molar-refractivity contribution < 1.29 is 0 Å². The summed E-state index contributed by atoms with van der Waals surface area (Å²) in [5.74, 6) is 1.52. The van der Waals surface area contributed by atoms with Crippen molar-refractivity contribution >= 4 is 28.8 Å². The van der Waals surface area contributed by atoms with Gasteiger partial charge in [0.15, 0.2) is 0 Å². The number of allylic oxidation sites excluding steroid dienone is 2. The monoisotopic (exact) mass is 476 g/mol. The lowest BCUT2D eigenvalue weighted by Crippen LogP contribution is -2.02. The van der Waals surface area contributed by atoms with Crippen LogP contribution in [0.15, 0.2) is 101 Å². The molecule has 3 aromatic rings. The van der Waals surface area contributed by atoms with Crippen molar-refractivity contribution in [1.29, 1.82) is 0 Å². The maximum atomic E-state index is 5.31. The van der Waals surface area contributed by atoms with Gasteiger partial charge in [-0.25, -0.2) is 0 Å². The van der Waals surface area contributed by atoms with Crippen molar-refractivity contribution in [3.8, 4) is 0 Å². The first-order valence-electron chi connectivity index (χ1n) is 11.9. The molecule has 1 atom stereocenters. The summed E-state index contributed by atoms with van der Waals surface area (Å²) in [6.45, 7) is 12.8. The van der Waals surface area contributed by atoms with E-state index in [4.69, 9.17) is 12.2 Å². The normalized spacial score (nSPS) is 11.7. The SMILES string of the molecule is CCC.CCS/C(=C(/C)C(C)=S)C(C)c1ccccc1.c1ccc(Cc2ccccc2)cc1. The molecule has 3 aromatic carbocycles. The maximum Gasteiger partial charge on any atom is 0.0158 e. The summed E-state index contributed by atoms with van der Waals surface area (Å²) in [6.07, 6.45) is 2.28. The molecule has 0 saturated heterocycles. The molecule has 0 nitrogen and oxygen atoms in total. The van der Waals surface area contributed by atoms with E-state index in [2.05, 4.69) is 126 Å². The van der Waals surface area contributed by atoms with Gasteiger partial charge in [0, 0.05) is 10.8 Å². The van der Waals surface area contributed by atoms with Crippen molar-refractivity contribution in [3.05, 3.63) is 118 Å². The molecule has 2 heteroatoms. The second-order valence-electron chi connectivity index (χ2n) is 7.97. The van der Waals surface area contributed by atoms with Crippen molar-refractivity contribution in [2.24, 2.45) is 0 Å². The van der Waals surface area contributed by atoms with Gasteiger partial charge in [-0.2, -0.15) is 0 Å². The number of hydrogen-bond acceptors (Lipinski definition) is 2. The predicted octanol–water partition coefficient (Wildman–Crippen LogP) is 9.90. The molecule has 33 heavy (non-hydrogen) atoms. The van der Waals surface area contributed by atoms with Crippen LogP contribution in [0, 0.1) is 0 Å². The Kier molecular flexibility index (Phi) is 15.2. The van der Waals surface area contributed by atoms with Gasteiger partial charge in [-0.15, -0.1) is 11.8 Å². The number of hydrogen-bond donors (Lipinski definition) is 0. The third-order valence-corrected chi connectivity index (χ3v) is 6.55. The first kappa shape index (κ1) is 28.9. The van der Waals surface area contributed by atoms with Gasteiger partial charge < -0.3 is 0 Å². The van der Waals surface area contributed by atoms with Crippen LogP contribution in [0.3, 0.4) is 0 Å². The molecule has 176 valence electrons. The van der Waals surface area contributed by atoms with Crippen LogP contribution in [-0.2, 0) is 6.42 Å². The first-order valence-corrected chi connectivity index (χ1v) is 13.3. The van der Waals surface area contributed by atoms with Crippen molar-refractivity contribution in [2.75, 3.05) is 5.75 Å². The van der Waals surface area contributed by atoms with Crippen molar-refractivity contribution in [1.82, 2.24) is 0 Å². The van der Waals surface area contributed by atoms with Gasteiger partial charge in [0.2, 0.25) is 0 Å². The molecule has 0 fully saturated rings. The fourth-order valence-corrected chi connectivity index (χ4v) is 4.45. The van der Waals surface area contributed by atoms with E-state index in [0.29, 0.717) is 5.92 Å². The predicted molar refractivity (Wildman–Crippen MR) is 156 cm³/mol. The Morgan fingerprint density at radius 3 is 1.48 bits per heavy atom. The zero-order chi connectivity index (χ0) is 24.5. The second kappa shape index (κ2) is 17.3. The second-order valence-corrected chi connectivity index (χ2v) is 9.88. The Bertz CT molecular complexity index is 891. The minimum Gasteiger partial charge on any atom is -0.130 e. The quantitative estimate of drug-likeness (QED) is 0.246. The zero-order valence-electron chi connectivity index (χ0n) is 21.2. The van der Waals surface area contributed by atoms with Gasteiger partial charge in [0.05, 0.1) is 0 Å². The molecule has 0 N–H and O–H groups in total. The molecule has 0 radical (unpaired) electrons. The Morgan fingerprint density at radius 2 is 1.12 bits per heavy atom. The summed E-state index contributed by atoms with van der Waals surface area (Å²) < 4.78 is 0. The molecule has 0 bridgehead atoms. The van der Waals surface area contributed by atoms with E-state index in [1.807, 2.05) is 18.7 Å². The molecule has 0 saturated carbocycles. The number of benzene rings is 3. The van der Waals surface area contributed by atoms with E-state index >= 15 is 0 Å². The van der Waals surface area contributed by atoms with E-state index in [0.717, 1.165) is 17.0 Å².